The summed E-state index contributed by atoms with van der Waals surface area (Å²) in [6.07, 6.45) is -0.0697. The SMILES string of the molecule is COc1ccc(C(=O)OC(C)C(=O)c2ccc(NS(C)(=O)=O)cc2)c(OC)c1OC. The number of ketones is 1. The van der Waals surface area contributed by atoms with Gasteiger partial charge in [0.1, 0.15) is 5.56 Å². The van der Waals surface area contributed by atoms with E-state index in [1.807, 2.05) is 0 Å². The molecule has 0 saturated heterocycles. The second-order valence-electron chi connectivity index (χ2n) is 6.25. The molecule has 0 saturated carbocycles. The van der Waals surface area contributed by atoms with Gasteiger partial charge in [0.25, 0.3) is 0 Å². The van der Waals surface area contributed by atoms with E-state index in [9.17, 15) is 18.0 Å². The van der Waals surface area contributed by atoms with Crippen LogP contribution in [0.15, 0.2) is 36.4 Å². The second kappa shape index (κ2) is 9.49. The molecule has 0 aliphatic rings. The van der Waals surface area contributed by atoms with Crippen LogP contribution < -0.4 is 18.9 Å². The molecule has 1 atom stereocenters. The predicted octanol–water partition coefficient (Wildman–Crippen LogP) is 2.51. The Bertz CT molecular complexity index is 1030. The van der Waals surface area contributed by atoms with Crippen LogP contribution in [0.3, 0.4) is 0 Å². The third kappa shape index (κ3) is 5.41. The van der Waals surface area contributed by atoms with Crippen molar-refractivity contribution in [2.45, 2.75) is 13.0 Å². The van der Waals surface area contributed by atoms with Crippen molar-refractivity contribution in [2.24, 2.45) is 0 Å². The van der Waals surface area contributed by atoms with E-state index in [0.29, 0.717) is 11.4 Å². The summed E-state index contributed by atoms with van der Waals surface area (Å²) in [5.41, 5.74) is 0.643. The quantitative estimate of drug-likeness (QED) is 0.470. The van der Waals surface area contributed by atoms with Gasteiger partial charge in [0, 0.05) is 11.3 Å². The Hall–Kier alpha value is -3.27. The fourth-order valence-electron chi connectivity index (χ4n) is 2.69. The summed E-state index contributed by atoms with van der Waals surface area (Å²) in [4.78, 5) is 25.2. The first kappa shape index (κ1) is 23.0. The van der Waals surface area contributed by atoms with E-state index in [-0.39, 0.29) is 22.6 Å². The van der Waals surface area contributed by atoms with Crippen LogP contribution in [0.25, 0.3) is 0 Å². The van der Waals surface area contributed by atoms with Crippen molar-refractivity contribution in [1.29, 1.82) is 0 Å². The van der Waals surface area contributed by atoms with E-state index in [1.54, 1.807) is 0 Å². The summed E-state index contributed by atoms with van der Waals surface area (Å²) < 4.78 is 45.8. The van der Waals surface area contributed by atoms with Crippen molar-refractivity contribution in [3.63, 3.8) is 0 Å². The van der Waals surface area contributed by atoms with Gasteiger partial charge in [-0.25, -0.2) is 13.2 Å². The number of anilines is 1. The summed E-state index contributed by atoms with van der Waals surface area (Å²) in [6, 6.07) is 8.75. The minimum absolute atomic E-state index is 0.0718. The van der Waals surface area contributed by atoms with Gasteiger partial charge in [0.15, 0.2) is 17.6 Å². The first-order valence-electron chi connectivity index (χ1n) is 8.73. The minimum Gasteiger partial charge on any atom is -0.493 e. The standard InChI is InChI=1S/C20H23NO8S/c1-12(17(22)13-6-8-14(9-7-13)21-30(5,24)25)29-20(23)15-10-11-16(26-2)19(28-4)18(15)27-3/h6-12,21H,1-5H3. The zero-order valence-electron chi connectivity index (χ0n) is 17.2. The number of Topliss-reactive ketones (excluding diaryl/α,β-unsaturated/α-hetero) is 1. The molecule has 9 nitrogen and oxygen atoms in total. The molecule has 1 N–H and O–H groups in total. The third-order valence-corrected chi connectivity index (χ3v) is 4.66. The van der Waals surface area contributed by atoms with Crippen molar-refractivity contribution < 1.29 is 37.0 Å². The summed E-state index contributed by atoms with van der Waals surface area (Å²) in [7, 11) is 0.802. The molecular formula is C20H23NO8S. The smallest absolute Gasteiger partial charge is 0.342 e. The first-order chi connectivity index (χ1) is 14.1. The maximum Gasteiger partial charge on any atom is 0.342 e. The van der Waals surface area contributed by atoms with Crippen LogP contribution in [-0.2, 0) is 14.8 Å². The summed E-state index contributed by atoms with van der Waals surface area (Å²) in [5.74, 6) is -0.504. The Balaban J connectivity index is 2.18. The van der Waals surface area contributed by atoms with Gasteiger partial charge in [0.2, 0.25) is 21.6 Å². The van der Waals surface area contributed by atoms with Crippen molar-refractivity contribution in [3.05, 3.63) is 47.5 Å². The highest BCUT2D eigenvalue weighted by molar-refractivity contribution is 7.92. The Morgan fingerprint density at radius 2 is 1.50 bits per heavy atom. The molecule has 0 spiro atoms. The number of nitrogens with one attached hydrogen (secondary N) is 1. The van der Waals surface area contributed by atoms with Crippen molar-refractivity contribution in [1.82, 2.24) is 0 Å². The number of benzene rings is 2. The van der Waals surface area contributed by atoms with Crippen molar-refractivity contribution in [2.75, 3.05) is 32.3 Å². The largest absolute Gasteiger partial charge is 0.493 e. The molecule has 2 rings (SSSR count). The number of methoxy groups -OCH3 is 3. The highest BCUT2D eigenvalue weighted by Gasteiger charge is 2.25. The molecule has 0 aliphatic heterocycles. The molecule has 0 radical (unpaired) electrons. The molecule has 2 aromatic carbocycles. The van der Waals surface area contributed by atoms with Gasteiger partial charge in [-0.2, -0.15) is 0 Å². The van der Waals surface area contributed by atoms with E-state index in [0.717, 1.165) is 6.26 Å². The average molecular weight is 437 g/mol. The van der Waals surface area contributed by atoms with Crippen molar-refractivity contribution >= 4 is 27.5 Å². The molecule has 0 aliphatic carbocycles. The zero-order valence-corrected chi connectivity index (χ0v) is 18.0. The maximum absolute atomic E-state index is 12.6. The number of rotatable bonds is 9. The predicted molar refractivity (Wildman–Crippen MR) is 110 cm³/mol. The molecule has 0 aromatic heterocycles. The molecule has 0 heterocycles. The molecular weight excluding hydrogens is 414 g/mol. The van der Waals surface area contributed by atoms with E-state index < -0.39 is 27.9 Å². The van der Waals surface area contributed by atoms with Gasteiger partial charge < -0.3 is 18.9 Å². The number of hydrogen-bond donors (Lipinski definition) is 1. The fourth-order valence-corrected chi connectivity index (χ4v) is 3.26. The number of sulfonamides is 1. The van der Waals surface area contributed by atoms with Gasteiger partial charge in [-0.05, 0) is 43.3 Å². The average Bonchev–Trinajstić information content (AvgIpc) is 2.71. The van der Waals surface area contributed by atoms with E-state index >= 15 is 0 Å². The number of carbonyl (C=O) groups is 2. The van der Waals surface area contributed by atoms with Gasteiger partial charge in [-0.15, -0.1) is 0 Å². The lowest BCUT2D eigenvalue weighted by Crippen LogP contribution is -2.24. The molecule has 10 heteroatoms. The summed E-state index contributed by atoms with van der Waals surface area (Å²) in [6.45, 7) is 1.44. The summed E-state index contributed by atoms with van der Waals surface area (Å²) in [5, 5.41) is 0. The number of carbonyl (C=O) groups excluding carboxylic acids is 2. The highest BCUT2D eigenvalue weighted by atomic mass is 32.2. The Morgan fingerprint density at radius 1 is 0.900 bits per heavy atom. The molecule has 162 valence electrons. The number of esters is 1. The second-order valence-corrected chi connectivity index (χ2v) is 7.99. The molecule has 0 fully saturated rings. The fraction of sp³-hybridized carbons (Fsp3) is 0.300. The molecule has 2 aromatic rings. The Kier molecular flexibility index (Phi) is 7.28. The van der Waals surface area contributed by atoms with Gasteiger partial charge in [-0.1, -0.05) is 0 Å². The lowest BCUT2D eigenvalue weighted by atomic mass is 10.1. The monoisotopic (exact) mass is 437 g/mol. The number of ether oxygens (including phenoxy) is 4. The lowest BCUT2D eigenvalue weighted by Gasteiger charge is -2.17. The topological polar surface area (TPSA) is 117 Å². The lowest BCUT2D eigenvalue weighted by molar-refractivity contribution is 0.0315. The van der Waals surface area contributed by atoms with Crippen LogP contribution >= 0.6 is 0 Å². The van der Waals surface area contributed by atoms with Crippen LogP contribution in [0, 0.1) is 0 Å². The van der Waals surface area contributed by atoms with Crippen LogP contribution in [0.2, 0.25) is 0 Å². The maximum atomic E-state index is 12.6. The number of hydrogen-bond acceptors (Lipinski definition) is 8. The zero-order chi connectivity index (χ0) is 22.5. The van der Waals surface area contributed by atoms with E-state index in [2.05, 4.69) is 4.72 Å². The van der Waals surface area contributed by atoms with Crippen LogP contribution in [-0.4, -0.2) is 53.9 Å². The Labute approximate surface area is 174 Å². The molecule has 0 amide bonds. The van der Waals surface area contributed by atoms with Gasteiger partial charge in [0.05, 0.1) is 27.6 Å². The van der Waals surface area contributed by atoms with Crippen LogP contribution in [0.4, 0.5) is 5.69 Å². The molecule has 30 heavy (non-hydrogen) atoms. The van der Waals surface area contributed by atoms with Crippen LogP contribution in [0.5, 0.6) is 17.2 Å². The molecule has 0 bridgehead atoms. The van der Waals surface area contributed by atoms with Gasteiger partial charge >= 0.3 is 5.97 Å². The minimum atomic E-state index is -3.43. The van der Waals surface area contributed by atoms with Gasteiger partial charge in [-0.3, -0.25) is 9.52 Å². The Morgan fingerprint density at radius 3 is 2.00 bits per heavy atom. The highest BCUT2D eigenvalue weighted by Crippen LogP contribution is 2.40. The van der Waals surface area contributed by atoms with E-state index in [1.165, 1.54) is 64.7 Å². The first-order valence-corrected chi connectivity index (χ1v) is 10.6. The molecule has 1 unspecified atom stereocenters. The normalized spacial score (nSPS) is 11.9. The van der Waals surface area contributed by atoms with Crippen LogP contribution in [0.1, 0.15) is 27.6 Å². The van der Waals surface area contributed by atoms with Crippen molar-refractivity contribution in [3.8, 4) is 17.2 Å². The third-order valence-electron chi connectivity index (χ3n) is 4.05. The summed E-state index contributed by atoms with van der Waals surface area (Å²) >= 11 is 0. The van der Waals surface area contributed by atoms with E-state index in [4.69, 9.17) is 18.9 Å².